The van der Waals surface area contributed by atoms with Crippen LogP contribution in [-0.2, 0) is 7.05 Å². The first-order valence-corrected chi connectivity index (χ1v) is 9.70. The van der Waals surface area contributed by atoms with Crippen molar-refractivity contribution in [1.29, 1.82) is 0 Å². The lowest BCUT2D eigenvalue weighted by molar-refractivity contribution is -0.660. The van der Waals surface area contributed by atoms with E-state index in [4.69, 9.17) is 4.42 Å². The number of pyridine rings is 1. The fourth-order valence-electron chi connectivity index (χ4n) is 4.01. The molecule has 0 N–H and O–H groups in total. The number of aromatic nitrogens is 1. The summed E-state index contributed by atoms with van der Waals surface area (Å²) in [5, 5.41) is 1.93. The summed E-state index contributed by atoms with van der Waals surface area (Å²) in [6, 6.07) is 21.6. The molecule has 0 aliphatic rings. The molecule has 5 aromatic rings. The van der Waals surface area contributed by atoms with E-state index in [9.17, 15) is 4.39 Å². The molecule has 2 nitrogen and oxygen atoms in total. The van der Waals surface area contributed by atoms with Crippen molar-refractivity contribution in [2.75, 3.05) is 0 Å². The van der Waals surface area contributed by atoms with Crippen LogP contribution in [-0.4, -0.2) is 0 Å². The van der Waals surface area contributed by atoms with Crippen LogP contribution in [0.5, 0.6) is 0 Å². The molecule has 3 aromatic carbocycles. The molecule has 0 aliphatic heterocycles. The molecule has 2 aromatic heterocycles. The lowest BCUT2D eigenvalue weighted by atomic mass is 9.98. The summed E-state index contributed by atoms with van der Waals surface area (Å²) >= 11 is 0. The number of halogens is 1. The van der Waals surface area contributed by atoms with E-state index in [-0.39, 0.29) is 5.82 Å². The maximum atomic E-state index is 14.9. The van der Waals surface area contributed by atoms with E-state index in [0.29, 0.717) is 11.1 Å². The Labute approximate surface area is 168 Å². The third-order valence-corrected chi connectivity index (χ3v) is 5.61. The van der Waals surface area contributed by atoms with E-state index in [2.05, 4.69) is 29.7 Å². The van der Waals surface area contributed by atoms with Gasteiger partial charge in [0, 0.05) is 34.5 Å². The Morgan fingerprint density at radius 1 is 0.862 bits per heavy atom. The quantitative estimate of drug-likeness (QED) is 0.319. The second-order valence-electron chi connectivity index (χ2n) is 7.63. The predicted molar refractivity (Wildman–Crippen MR) is 115 cm³/mol. The largest absolute Gasteiger partial charge is 0.455 e. The molecule has 2 heterocycles. The molecule has 3 heteroatoms. The number of hydrogen-bond acceptors (Lipinski definition) is 1. The van der Waals surface area contributed by atoms with Gasteiger partial charge in [0.05, 0.1) is 5.56 Å². The van der Waals surface area contributed by atoms with Gasteiger partial charge in [-0.05, 0) is 37.1 Å². The third-order valence-electron chi connectivity index (χ3n) is 5.61. The smallest absolute Gasteiger partial charge is 0.216 e. The van der Waals surface area contributed by atoms with Gasteiger partial charge in [-0.3, -0.25) is 0 Å². The first kappa shape index (κ1) is 17.6. The van der Waals surface area contributed by atoms with Crippen molar-refractivity contribution in [2.45, 2.75) is 13.8 Å². The topological polar surface area (TPSA) is 17.0 Å². The molecule has 0 aliphatic carbocycles. The normalized spacial score (nSPS) is 11.4. The summed E-state index contributed by atoms with van der Waals surface area (Å²) < 4.78 is 23.2. The van der Waals surface area contributed by atoms with Gasteiger partial charge in [0.2, 0.25) is 5.69 Å². The van der Waals surface area contributed by atoms with Gasteiger partial charge in [-0.1, -0.05) is 42.0 Å². The van der Waals surface area contributed by atoms with Crippen molar-refractivity contribution in [3.63, 3.8) is 0 Å². The molecule has 0 saturated carbocycles. The summed E-state index contributed by atoms with van der Waals surface area (Å²) in [7, 11) is 2.02. The summed E-state index contributed by atoms with van der Waals surface area (Å²) in [4.78, 5) is 0. The van der Waals surface area contributed by atoms with Crippen molar-refractivity contribution in [3.8, 4) is 22.4 Å². The van der Waals surface area contributed by atoms with Gasteiger partial charge in [-0.15, -0.1) is 0 Å². The fraction of sp³-hybridized carbons (Fsp3) is 0.115. The Bertz CT molecular complexity index is 1380. The van der Waals surface area contributed by atoms with Crippen LogP contribution in [0.25, 0.3) is 44.3 Å². The molecular weight excluding hydrogens is 361 g/mol. The first-order valence-electron chi connectivity index (χ1n) is 9.70. The van der Waals surface area contributed by atoms with E-state index in [1.54, 1.807) is 0 Å². The highest BCUT2D eigenvalue weighted by molar-refractivity contribution is 6.10. The van der Waals surface area contributed by atoms with Gasteiger partial charge in [0.25, 0.3) is 0 Å². The maximum Gasteiger partial charge on any atom is 0.216 e. The van der Waals surface area contributed by atoms with E-state index < -0.39 is 0 Å². The number of benzene rings is 3. The molecule has 0 amide bonds. The zero-order chi connectivity index (χ0) is 20.1. The molecule has 0 unspecified atom stereocenters. The molecule has 0 radical (unpaired) electrons. The SMILES string of the molecule is Cc1ccc(-c2cc3c(cc2F)oc2c(-c4cccc[n+]4C)c(C)ccc23)cc1. The summed E-state index contributed by atoms with van der Waals surface area (Å²) in [6.45, 7) is 4.10. The fourth-order valence-corrected chi connectivity index (χ4v) is 4.01. The molecule has 0 fully saturated rings. The van der Waals surface area contributed by atoms with Gasteiger partial charge in [-0.25, -0.2) is 8.96 Å². The van der Waals surface area contributed by atoms with Crippen molar-refractivity contribution < 1.29 is 13.4 Å². The zero-order valence-corrected chi connectivity index (χ0v) is 16.7. The van der Waals surface area contributed by atoms with E-state index in [1.165, 1.54) is 6.07 Å². The second kappa shape index (κ2) is 6.56. The van der Waals surface area contributed by atoms with Gasteiger partial charge in [0.15, 0.2) is 6.20 Å². The predicted octanol–water partition coefficient (Wildman–Crippen LogP) is 6.50. The maximum absolute atomic E-state index is 14.9. The van der Waals surface area contributed by atoms with Crippen LogP contribution >= 0.6 is 0 Å². The molecule has 0 spiro atoms. The molecule has 0 bridgehead atoms. The van der Waals surface area contributed by atoms with E-state index in [1.807, 2.05) is 62.6 Å². The lowest BCUT2D eigenvalue weighted by Crippen LogP contribution is -2.30. The van der Waals surface area contributed by atoms with Crippen LogP contribution in [0.3, 0.4) is 0 Å². The zero-order valence-electron chi connectivity index (χ0n) is 16.7. The molecule has 0 saturated heterocycles. The third kappa shape index (κ3) is 2.82. The average molecular weight is 382 g/mol. The summed E-state index contributed by atoms with van der Waals surface area (Å²) in [6.07, 6.45) is 2.02. The van der Waals surface area contributed by atoms with Crippen LogP contribution < -0.4 is 4.57 Å². The Balaban J connectivity index is 1.82. The van der Waals surface area contributed by atoms with Crippen molar-refractivity contribution in [1.82, 2.24) is 0 Å². The van der Waals surface area contributed by atoms with E-state index >= 15 is 0 Å². The van der Waals surface area contributed by atoms with Crippen LogP contribution in [0.2, 0.25) is 0 Å². The number of fused-ring (bicyclic) bond motifs is 3. The monoisotopic (exact) mass is 382 g/mol. The Morgan fingerprint density at radius 2 is 1.66 bits per heavy atom. The Morgan fingerprint density at radius 3 is 2.41 bits per heavy atom. The lowest BCUT2D eigenvalue weighted by Gasteiger charge is -2.05. The highest BCUT2D eigenvalue weighted by Gasteiger charge is 2.21. The minimum Gasteiger partial charge on any atom is -0.455 e. The summed E-state index contributed by atoms with van der Waals surface area (Å²) in [5.74, 6) is -0.274. The van der Waals surface area contributed by atoms with Crippen molar-refractivity contribution in [2.24, 2.45) is 7.05 Å². The summed E-state index contributed by atoms with van der Waals surface area (Å²) in [5.41, 5.74) is 7.20. The van der Waals surface area contributed by atoms with Crippen molar-refractivity contribution in [3.05, 3.63) is 89.9 Å². The van der Waals surface area contributed by atoms with E-state index in [0.717, 1.165) is 44.3 Å². The number of aryl methyl sites for hydroxylation is 3. The molecular formula is C26H21FNO+. The molecule has 5 rings (SSSR count). The Kier molecular flexibility index (Phi) is 3.99. The first-order chi connectivity index (χ1) is 14.0. The minimum atomic E-state index is -0.274. The van der Waals surface area contributed by atoms with Crippen LogP contribution in [0.4, 0.5) is 4.39 Å². The number of nitrogens with zero attached hydrogens (tertiary/aromatic N) is 1. The van der Waals surface area contributed by atoms with Gasteiger partial charge >= 0.3 is 0 Å². The molecule has 29 heavy (non-hydrogen) atoms. The highest BCUT2D eigenvalue weighted by Crippen LogP contribution is 2.39. The van der Waals surface area contributed by atoms with Crippen molar-refractivity contribution >= 4 is 21.9 Å². The highest BCUT2D eigenvalue weighted by atomic mass is 19.1. The number of furan rings is 1. The minimum absolute atomic E-state index is 0.274. The second-order valence-corrected chi connectivity index (χ2v) is 7.63. The molecule has 0 atom stereocenters. The van der Waals surface area contributed by atoms with Crippen LogP contribution in [0.15, 0.2) is 77.3 Å². The van der Waals surface area contributed by atoms with Crippen LogP contribution in [0, 0.1) is 19.7 Å². The number of hydrogen-bond donors (Lipinski definition) is 0. The number of rotatable bonds is 2. The van der Waals surface area contributed by atoms with Crippen LogP contribution in [0.1, 0.15) is 11.1 Å². The van der Waals surface area contributed by atoms with Gasteiger partial charge < -0.3 is 4.42 Å². The Hall–Kier alpha value is -3.46. The average Bonchev–Trinajstić information content (AvgIpc) is 3.06. The molecule has 142 valence electrons. The van der Waals surface area contributed by atoms with Gasteiger partial charge in [0.1, 0.15) is 24.0 Å². The standard InChI is InChI=1S/C26H21FNO/c1-16-7-10-18(11-8-16)20-14-21-19-12-9-17(2)25(23-6-4-5-13-28(23)3)26(19)29-24(21)15-22(20)27/h4-15H,1-3H3/q+1. The van der Waals surface area contributed by atoms with Gasteiger partial charge in [-0.2, -0.15) is 0 Å².